The Morgan fingerprint density at radius 2 is 1.91 bits per heavy atom. The lowest BCUT2D eigenvalue weighted by atomic mass is 10.1. The van der Waals surface area contributed by atoms with Gasteiger partial charge in [-0.1, -0.05) is 6.07 Å². The van der Waals surface area contributed by atoms with Crippen LogP contribution in [0.3, 0.4) is 0 Å². The molecule has 0 atom stereocenters. The average molecular weight is 150 g/mol. The Morgan fingerprint density at radius 3 is 2.36 bits per heavy atom. The second-order valence-electron chi connectivity index (χ2n) is 2.05. The van der Waals surface area contributed by atoms with Gasteiger partial charge < -0.3 is 5.11 Å². The van der Waals surface area contributed by atoms with Crippen molar-refractivity contribution in [1.82, 2.24) is 0 Å². The van der Waals surface area contributed by atoms with Gasteiger partial charge in [0.2, 0.25) is 0 Å². The summed E-state index contributed by atoms with van der Waals surface area (Å²) in [4.78, 5) is 20.3. The molecule has 0 saturated heterocycles. The summed E-state index contributed by atoms with van der Waals surface area (Å²) in [6.45, 7) is 0. The fourth-order valence-corrected chi connectivity index (χ4v) is 0.734. The maximum Gasteiger partial charge on any atom is 0.153 e. The second-order valence-corrected chi connectivity index (χ2v) is 2.05. The molecule has 3 heteroatoms. The fourth-order valence-electron chi connectivity index (χ4n) is 0.734. The SMILES string of the molecule is O=Cc1ccc(C=O)c(O)c1. The van der Waals surface area contributed by atoms with Crippen molar-refractivity contribution in [3.63, 3.8) is 0 Å². The highest BCUT2D eigenvalue weighted by Gasteiger charge is 1.99. The summed E-state index contributed by atoms with van der Waals surface area (Å²) in [7, 11) is 0. The molecular weight excluding hydrogens is 144 g/mol. The van der Waals surface area contributed by atoms with E-state index in [-0.39, 0.29) is 11.3 Å². The van der Waals surface area contributed by atoms with Gasteiger partial charge in [-0.25, -0.2) is 0 Å². The number of hydrogen-bond donors (Lipinski definition) is 1. The van der Waals surface area contributed by atoms with Crippen molar-refractivity contribution in [2.75, 3.05) is 0 Å². The van der Waals surface area contributed by atoms with E-state index in [9.17, 15) is 9.59 Å². The first-order valence-corrected chi connectivity index (χ1v) is 3.01. The lowest BCUT2D eigenvalue weighted by molar-refractivity contribution is 0.111. The molecule has 0 fully saturated rings. The van der Waals surface area contributed by atoms with Gasteiger partial charge in [-0.15, -0.1) is 0 Å². The minimum atomic E-state index is -0.162. The molecule has 0 amide bonds. The molecule has 1 rings (SSSR count). The Morgan fingerprint density at radius 1 is 1.18 bits per heavy atom. The van der Waals surface area contributed by atoms with E-state index in [2.05, 4.69) is 0 Å². The van der Waals surface area contributed by atoms with Crippen LogP contribution in [0.15, 0.2) is 18.2 Å². The van der Waals surface area contributed by atoms with Crippen LogP contribution in [0, 0.1) is 0 Å². The van der Waals surface area contributed by atoms with Crippen LogP contribution in [0.2, 0.25) is 0 Å². The van der Waals surface area contributed by atoms with Gasteiger partial charge in [0.05, 0.1) is 5.56 Å². The van der Waals surface area contributed by atoms with Gasteiger partial charge in [0.1, 0.15) is 12.0 Å². The minimum absolute atomic E-state index is 0.162. The summed E-state index contributed by atoms with van der Waals surface area (Å²) in [5.41, 5.74) is 0.545. The van der Waals surface area contributed by atoms with Crippen molar-refractivity contribution in [3.05, 3.63) is 29.3 Å². The van der Waals surface area contributed by atoms with Crippen molar-refractivity contribution in [3.8, 4) is 5.75 Å². The first-order chi connectivity index (χ1) is 5.27. The molecule has 3 nitrogen and oxygen atoms in total. The Labute approximate surface area is 63.3 Å². The molecule has 0 radical (unpaired) electrons. The molecule has 0 aromatic heterocycles. The van der Waals surface area contributed by atoms with Gasteiger partial charge in [0.15, 0.2) is 6.29 Å². The quantitative estimate of drug-likeness (QED) is 0.640. The van der Waals surface area contributed by atoms with Gasteiger partial charge in [0.25, 0.3) is 0 Å². The van der Waals surface area contributed by atoms with Gasteiger partial charge in [0, 0.05) is 5.56 Å². The summed E-state index contributed by atoms with van der Waals surface area (Å²) in [5, 5.41) is 9.03. The van der Waals surface area contributed by atoms with Crippen LogP contribution in [-0.4, -0.2) is 17.7 Å². The first-order valence-electron chi connectivity index (χ1n) is 3.01. The van der Waals surface area contributed by atoms with E-state index in [1.807, 2.05) is 0 Å². The van der Waals surface area contributed by atoms with Gasteiger partial charge >= 0.3 is 0 Å². The van der Waals surface area contributed by atoms with Crippen LogP contribution in [0.5, 0.6) is 5.75 Å². The normalized spacial score (nSPS) is 9.09. The summed E-state index contributed by atoms with van der Waals surface area (Å²) in [5.74, 6) is -0.162. The van der Waals surface area contributed by atoms with Crippen molar-refractivity contribution in [1.29, 1.82) is 0 Å². The van der Waals surface area contributed by atoms with E-state index < -0.39 is 0 Å². The van der Waals surface area contributed by atoms with Crippen LogP contribution < -0.4 is 0 Å². The predicted molar refractivity (Wildman–Crippen MR) is 38.9 cm³/mol. The van der Waals surface area contributed by atoms with Crippen LogP contribution in [0.4, 0.5) is 0 Å². The predicted octanol–water partition coefficient (Wildman–Crippen LogP) is 1.02. The number of aromatic hydroxyl groups is 1. The van der Waals surface area contributed by atoms with E-state index in [0.29, 0.717) is 18.1 Å². The molecule has 0 aliphatic carbocycles. The average Bonchev–Trinajstić information content (AvgIpc) is 2.04. The van der Waals surface area contributed by atoms with Crippen LogP contribution in [0.1, 0.15) is 20.7 Å². The molecule has 0 saturated carbocycles. The van der Waals surface area contributed by atoms with E-state index in [0.717, 1.165) is 0 Å². The van der Waals surface area contributed by atoms with Gasteiger partial charge in [-0.05, 0) is 12.1 Å². The van der Waals surface area contributed by atoms with Gasteiger partial charge in [-0.2, -0.15) is 0 Å². The standard InChI is InChI=1S/C8H6O3/c9-4-6-1-2-7(5-10)8(11)3-6/h1-5,11H. The Hall–Kier alpha value is -1.64. The molecule has 56 valence electrons. The molecule has 0 bridgehead atoms. The molecular formula is C8H6O3. The maximum atomic E-state index is 10.2. The zero-order valence-corrected chi connectivity index (χ0v) is 5.65. The Kier molecular flexibility index (Phi) is 2.01. The molecule has 0 spiro atoms. The van der Waals surface area contributed by atoms with Crippen molar-refractivity contribution in [2.24, 2.45) is 0 Å². The molecule has 0 aliphatic rings. The zero-order chi connectivity index (χ0) is 8.27. The third-order valence-electron chi connectivity index (χ3n) is 1.32. The smallest absolute Gasteiger partial charge is 0.153 e. The molecule has 0 aliphatic heterocycles. The van der Waals surface area contributed by atoms with E-state index in [1.54, 1.807) is 0 Å². The number of carbonyl (C=O) groups is 2. The monoisotopic (exact) mass is 150 g/mol. The zero-order valence-electron chi connectivity index (χ0n) is 5.65. The fraction of sp³-hybridized carbons (Fsp3) is 0. The summed E-state index contributed by atoms with van der Waals surface area (Å²) in [6, 6.07) is 4.11. The van der Waals surface area contributed by atoms with E-state index in [1.165, 1.54) is 18.2 Å². The highest BCUT2D eigenvalue weighted by Crippen LogP contribution is 2.15. The number of carbonyl (C=O) groups excluding carboxylic acids is 2. The number of rotatable bonds is 2. The van der Waals surface area contributed by atoms with Crippen LogP contribution >= 0.6 is 0 Å². The van der Waals surface area contributed by atoms with Gasteiger partial charge in [-0.3, -0.25) is 9.59 Å². The molecule has 0 heterocycles. The third-order valence-corrected chi connectivity index (χ3v) is 1.32. The summed E-state index contributed by atoms with van der Waals surface area (Å²) >= 11 is 0. The first kappa shape index (κ1) is 7.47. The molecule has 1 N–H and O–H groups in total. The number of aldehydes is 2. The minimum Gasteiger partial charge on any atom is -0.507 e. The maximum absolute atomic E-state index is 10.2. The van der Waals surface area contributed by atoms with Crippen LogP contribution in [-0.2, 0) is 0 Å². The highest BCUT2D eigenvalue weighted by molar-refractivity contribution is 5.83. The number of hydrogen-bond acceptors (Lipinski definition) is 3. The molecule has 1 aromatic carbocycles. The molecule has 11 heavy (non-hydrogen) atoms. The molecule has 0 unspecified atom stereocenters. The lowest BCUT2D eigenvalue weighted by Gasteiger charge is -1.95. The number of benzene rings is 1. The van der Waals surface area contributed by atoms with Crippen molar-refractivity contribution < 1.29 is 14.7 Å². The lowest BCUT2D eigenvalue weighted by Crippen LogP contribution is -1.84. The second kappa shape index (κ2) is 2.96. The Bertz CT molecular complexity index is 291. The van der Waals surface area contributed by atoms with E-state index >= 15 is 0 Å². The Balaban J connectivity index is 3.18. The third kappa shape index (κ3) is 1.43. The highest BCUT2D eigenvalue weighted by atomic mass is 16.3. The topological polar surface area (TPSA) is 54.4 Å². The largest absolute Gasteiger partial charge is 0.507 e. The van der Waals surface area contributed by atoms with Crippen molar-refractivity contribution in [2.45, 2.75) is 0 Å². The van der Waals surface area contributed by atoms with Crippen molar-refractivity contribution >= 4 is 12.6 Å². The summed E-state index contributed by atoms with van der Waals surface area (Å²) < 4.78 is 0. The van der Waals surface area contributed by atoms with Crippen LogP contribution in [0.25, 0.3) is 0 Å². The van der Waals surface area contributed by atoms with E-state index in [4.69, 9.17) is 5.11 Å². The number of phenols is 1. The number of phenolic OH excluding ortho intramolecular Hbond substituents is 1. The summed E-state index contributed by atoms with van der Waals surface area (Å²) in [6.07, 6.45) is 1.14. The molecule has 1 aromatic rings.